The number of rotatable bonds is 14. The smallest absolute Gasteiger partial charge is 0.115 e. The first-order chi connectivity index (χ1) is 16.2. The van der Waals surface area contributed by atoms with Gasteiger partial charge >= 0.3 is 0 Å². The summed E-state index contributed by atoms with van der Waals surface area (Å²) in [4.78, 5) is 0. The molecule has 176 valence electrons. The molecule has 0 aromatic heterocycles. The molecule has 5 nitrogen and oxygen atoms in total. The predicted octanol–water partition coefficient (Wildman–Crippen LogP) is 4.77. The van der Waals surface area contributed by atoms with Crippen LogP contribution in [-0.4, -0.2) is 43.2 Å². The Bertz CT molecular complexity index is 888. The van der Waals surface area contributed by atoms with Gasteiger partial charge in [-0.2, -0.15) is 0 Å². The number of ether oxygens (including phenoxy) is 4. The van der Waals surface area contributed by atoms with E-state index in [0.29, 0.717) is 19.8 Å². The van der Waals surface area contributed by atoms with Gasteiger partial charge in [0.15, 0.2) is 0 Å². The highest BCUT2D eigenvalue weighted by atomic mass is 16.6. The fraction of sp³-hybridized carbons (Fsp3) is 0.357. The van der Waals surface area contributed by atoms with E-state index in [-0.39, 0.29) is 12.7 Å². The molecular weight excluding hydrogens is 416 g/mol. The van der Waals surface area contributed by atoms with Crippen LogP contribution >= 0.6 is 0 Å². The average Bonchev–Trinajstić information content (AvgIpc) is 2.86. The zero-order valence-electron chi connectivity index (χ0n) is 19.4. The Morgan fingerprint density at radius 3 is 1.42 bits per heavy atom. The van der Waals surface area contributed by atoms with Gasteiger partial charge in [-0.3, -0.25) is 0 Å². The normalized spacial score (nSPS) is 15.0. The van der Waals surface area contributed by atoms with Gasteiger partial charge in [-0.1, -0.05) is 91.0 Å². The molecule has 33 heavy (non-hydrogen) atoms. The fourth-order valence-corrected chi connectivity index (χ4v) is 3.62. The third-order valence-electron chi connectivity index (χ3n) is 5.43. The zero-order valence-corrected chi connectivity index (χ0v) is 19.4. The van der Waals surface area contributed by atoms with Crippen LogP contribution in [0.2, 0.25) is 0 Å². The quantitative estimate of drug-likeness (QED) is 0.383. The summed E-state index contributed by atoms with van der Waals surface area (Å²) in [7, 11) is 1.56. The molecule has 1 N–H and O–H groups in total. The van der Waals surface area contributed by atoms with Crippen LogP contribution < -0.4 is 0 Å². The molecule has 0 saturated carbocycles. The lowest BCUT2D eigenvalue weighted by Crippen LogP contribution is -2.49. The number of hydrogen-bond acceptors (Lipinski definition) is 5. The van der Waals surface area contributed by atoms with Crippen LogP contribution in [0.1, 0.15) is 23.6 Å². The van der Waals surface area contributed by atoms with E-state index < -0.39 is 18.3 Å². The predicted molar refractivity (Wildman–Crippen MR) is 129 cm³/mol. The summed E-state index contributed by atoms with van der Waals surface area (Å²) < 4.78 is 24.0. The molecule has 4 atom stereocenters. The van der Waals surface area contributed by atoms with Crippen molar-refractivity contribution in [2.45, 2.75) is 51.2 Å². The van der Waals surface area contributed by atoms with Gasteiger partial charge < -0.3 is 24.1 Å². The van der Waals surface area contributed by atoms with Crippen molar-refractivity contribution in [2.24, 2.45) is 0 Å². The van der Waals surface area contributed by atoms with Crippen LogP contribution in [0.25, 0.3) is 0 Å². The van der Waals surface area contributed by atoms with E-state index in [1.807, 2.05) is 97.9 Å². The second kappa shape index (κ2) is 13.9. The Morgan fingerprint density at radius 1 is 0.606 bits per heavy atom. The van der Waals surface area contributed by atoms with Gasteiger partial charge in [0, 0.05) is 7.11 Å². The molecule has 5 heteroatoms. The van der Waals surface area contributed by atoms with Crippen LogP contribution in [-0.2, 0) is 38.8 Å². The number of aliphatic hydroxyl groups is 1. The summed E-state index contributed by atoms with van der Waals surface area (Å²) in [6.45, 7) is 3.27. The Kier molecular flexibility index (Phi) is 10.6. The van der Waals surface area contributed by atoms with Gasteiger partial charge in [-0.25, -0.2) is 0 Å². The molecule has 3 rings (SSSR count). The van der Waals surface area contributed by atoms with Crippen LogP contribution in [0.15, 0.2) is 91.0 Å². The fourth-order valence-electron chi connectivity index (χ4n) is 3.62. The molecule has 0 fully saturated rings. The first-order valence-corrected chi connectivity index (χ1v) is 11.3. The van der Waals surface area contributed by atoms with E-state index in [1.54, 1.807) is 7.11 Å². The summed E-state index contributed by atoms with van der Waals surface area (Å²) in [5.74, 6) is 0. The minimum atomic E-state index is -0.873. The topological polar surface area (TPSA) is 57.2 Å². The Morgan fingerprint density at radius 2 is 1.00 bits per heavy atom. The van der Waals surface area contributed by atoms with Crippen molar-refractivity contribution < 1.29 is 24.1 Å². The molecular formula is C28H34O5. The monoisotopic (exact) mass is 450 g/mol. The molecule has 0 aliphatic heterocycles. The first kappa shape index (κ1) is 25.1. The minimum absolute atomic E-state index is 0.135. The van der Waals surface area contributed by atoms with Crippen LogP contribution in [0, 0.1) is 0 Å². The summed E-state index contributed by atoms with van der Waals surface area (Å²) in [5, 5.41) is 10.9. The Hall–Kier alpha value is -2.54. The van der Waals surface area contributed by atoms with Crippen molar-refractivity contribution in [2.75, 3.05) is 13.7 Å². The third kappa shape index (κ3) is 8.39. The lowest BCUT2D eigenvalue weighted by Gasteiger charge is -2.34. The standard InChI is InChI=1S/C28H34O5/c1-22(31-18-23-12-6-3-7-13-23)27(32-19-24-14-8-4-9-15-24)28(26(29)21-30-2)33-20-25-16-10-5-11-17-25/h3-17,22,26-29H,18-21H2,1-2H3/t22-,26+,27+,28+/m0/s1. The third-order valence-corrected chi connectivity index (χ3v) is 5.43. The Balaban J connectivity index is 1.76. The van der Waals surface area contributed by atoms with Gasteiger partial charge in [-0.05, 0) is 23.6 Å². The summed E-state index contributed by atoms with van der Waals surface area (Å²) >= 11 is 0. The van der Waals surface area contributed by atoms with E-state index in [0.717, 1.165) is 16.7 Å². The summed E-state index contributed by atoms with van der Waals surface area (Å²) in [6, 6.07) is 29.8. The average molecular weight is 451 g/mol. The molecule has 0 amide bonds. The van der Waals surface area contributed by atoms with Crippen LogP contribution in [0.4, 0.5) is 0 Å². The molecule has 0 saturated heterocycles. The maximum atomic E-state index is 10.9. The van der Waals surface area contributed by atoms with E-state index >= 15 is 0 Å². The molecule has 0 aliphatic rings. The van der Waals surface area contributed by atoms with E-state index in [4.69, 9.17) is 18.9 Å². The van der Waals surface area contributed by atoms with Gasteiger partial charge in [0.25, 0.3) is 0 Å². The van der Waals surface area contributed by atoms with Crippen molar-refractivity contribution in [1.82, 2.24) is 0 Å². The largest absolute Gasteiger partial charge is 0.388 e. The SMILES string of the molecule is COC[C@@H](O)[C@@H](OCc1ccccc1)[C@H](OCc1ccccc1)[C@H](C)OCc1ccccc1. The van der Waals surface area contributed by atoms with Gasteiger partial charge in [0.1, 0.15) is 18.3 Å². The van der Waals surface area contributed by atoms with E-state index in [9.17, 15) is 5.11 Å². The number of hydrogen-bond donors (Lipinski definition) is 1. The maximum absolute atomic E-state index is 10.9. The van der Waals surface area contributed by atoms with Crippen molar-refractivity contribution >= 4 is 0 Å². The van der Waals surface area contributed by atoms with Crippen molar-refractivity contribution in [3.63, 3.8) is 0 Å². The molecule has 0 unspecified atom stereocenters. The number of aliphatic hydroxyl groups excluding tert-OH is 1. The lowest BCUT2D eigenvalue weighted by atomic mass is 10.0. The molecule has 3 aromatic rings. The first-order valence-electron chi connectivity index (χ1n) is 11.3. The zero-order chi connectivity index (χ0) is 23.3. The Labute approximate surface area is 196 Å². The highest BCUT2D eigenvalue weighted by Crippen LogP contribution is 2.21. The summed E-state index contributed by atoms with van der Waals surface area (Å²) in [6.07, 6.45) is -2.36. The van der Waals surface area contributed by atoms with Crippen LogP contribution in [0.5, 0.6) is 0 Å². The van der Waals surface area contributed by atoms with Crippen molar-refractivity contribution in [3.05, 3.63) is 108 Å². The second-order valence-electron chi connectivity index (χ2n) is 8.05. The molecule has 0 radical (unpaired) electrons. The highest BCUT2D eigenvalue weighted by molar-refractivity contribution is 5.15. The van der Waals surface area contributed by atoms with Gasteiger partial charge in [0.2, 0.25) is 0 Å². The molecule has 0 aliphatic carbocycles. The molecule has 0 spiro atoms. The molecule has 3 aromatic carbocycles. The van der Waals surface area contributed by atoms with E-state index in [2.05, 4.69) is 0 Å². The van der Waals surface area contributed by atoms with Crippen molar-refractivity contribution in [3.8, 4) is 0 Å². The number of benzene rings is 3. The van der Waals surface area contributed by atoms with Gasteiger partial charge in [0.05, 0.1) is 32.5 Å². The molecule has 0 heterocycles. The minimum Gasteiger partial charge on any atom is -0.388 e. The number of methoxy groups -OCH3 is 1. The second-order valence-corrected chi connectivity index (χ2v) is 8.05. The summed E-state index contributed by atoms with van der Waals surface area (Å²) in [5.41, 5.74) is 3.14. The van der Waals surface area contributed by atoms with Crippen LogP contribution in [0.3, 0.4) is 0 Å². The lowest BCUT2D eigenvalue weighted by molar-refractivity contribution is -0.182. The highest BCUT2D eigenvalue weighted by Gasteiger charge is 2.35. The maximum Gasteiger partial charge on any atom is 0.115 e. The van der Waals surface area contributed by atoms with Crippen molar-refractivity contribution in [1.29, 1.82) is 0 Å². The molecule has 0 bridgehead atoms. The van der Waals surface area contributed by atoms with Gasteiger partial charge in [-0.15, -0.1) is 0 Å². The van der Waals surface area contributed by atoms with E-state index in [1.165, 1.54) is 0 Å².